The van der Waals surface area contributed by atoms with Gasteiger partial charge in [0.25, 0.3) is 0 Å². The summed E-state index contributed by atoms with van der Waals surface area (Å²) in [5.41, 5.74) is 1.10. The lowest BCUT2D eigenvalue weighted by molar-refractivity contribution is 0.0490. The fourth-order valence-electron chi connectivity index (χ4n) is 3.86. The Balaban J connectivity index is 1.40. The SMILES string of the molecule is CN1[C@@H]2CCC[C@H]1CC(NCCNc1cccc(Cl)c1)C2. The number of halogens is 1. The highest BCUT2D eigenvalue weighted by Crippen LogP contribution is 2.32. The molecule has 1 aromatic rings. The molecule has 0 spiro atoms. The van der Waals surface area contributed by atoms with Crippen LogP contribution in [0.15, 0.2) is 24.3 Å². The summed E-state index contributed by atoms with van der Waals surface area (Å²) in [7, 11) is 2.31. The number of rotatable bonds is 5. The van der Waals surface area contributed by atoms with Crippen molar-refractivity contribution in [1.29, 1.82) is 0 Å². The fraction of sp³-hybridized carbons (Fsp3) is 0.647. The first kappa shape index (κ1) is 15.1. The summed E-state index contributed by atoms with van der Waals surface area (Å²) in [5.74, 6) is 0. The lowest BCUT2D eigenvalue weighted by Crippen LogP contribution is -2.54. The van der Waals surface area contributed by atoms with Crippen LogP contribution in [-0.4, -0.2) is 43.2 Å². The van der Waals surface area contributed by atoms with Crippen LogP contribution in [0.25, 0.3) is 0 Å². The Morgan fingerprint density at radius 1 is 1.19 bits per heavy atom. The van der Waals surface area contributed by atoms with Gasteiger partial charge < -0.3 is 15.5 Å². The molecule has 0 aromatic heterocycles. The molecule has 2 aliphatic heterocycles. The van der Waals surface area contributed by atoms with Crippen molar-refractivity contribution in [1.82, 2.24) is 10.2 Å². The molecule has 3 nitrogen and oxygen atoms in total. The number of hydrogen-bond donors (Lipinski definition) is 2. The second-order valence-corrected chi connectivity index (χ2v) is 6.90. The van der Waals surface area contributed by atoms with Crippen molar-refractivity contribution < 1.29 is 0 Å². The zero-order chi connectivity index (χ0) is 14.7. The molecule has 0 saturated carbocycles. The van der Waals surface area contributed by atoms with Crippen LogP contribution >= 0.6 is 11.6 Å². The lowest BCUT2D eigenvalue weighted by Gasteiger charge is -2.47. The number of piperidine rings is 2. The Bertz CT molecular complexity index is 451. The van der Waals surface area contributed by atoms with Crippen molar-refractivity contribution >= 4 is 17.3 Å². The normalized spacial score (nSPS) is 29.3. The smallest absolute Gasteiger partial charge is 0.0426 e. The minimum absolute atomic E-state index is 0.692. The second kappa shape index (κ2) is 6.99. The highest BCUT2D eigenvalue weighted by molar-refractivity contribution is 6.30. The van der Waals surface area contributed by atoms with Crippen LogP contribution in [0, 0.1) is 0 Å². The largest absolute Gasteiger partial charge is 0.384 e. The quantitative estimate of drug-likeness (QED) is 0.817. The Kier molecular flexibility index (Phi) is 5.04. The third kappa shape index (κ3) is 3.91. The van der Waals surface area contributed by atoms with Crippen LogP contribution in [0.4, 0.5) is 5.69 Å². The molecule has 2 heterocycles. The highest BCUT2D eigenvalue weighted by atomic mass is 35.5. The van der Waals surface area contributed by atoms with E-state index in [9.17, 15) is 0 Å². The van der Waals surface area contributed by atoms with Crippen LogP contribution in [0.3, 0.4) is 0 Å². The molecule has 0 amide bonds. The highest BCUT2D eigenvalue weighted by Gasteiger charge is 2.35. The fourth-order valence-corrected chi connectivity index (χ4v) is 4.05. The van der Waals surface area contributed by atoms with Gasteiger partial charge in [-0.1, -0.05) is 24.1 Å². The van der Waals surface area contributed by atoms with Gasteiger partial charge in [0.15, 0.2) is 0 Å². The molecular formula is C17H26ClN3. The summed E-state index contributed by atoms with van der Waals surface area (Å²) >= 11 is 5.99. The molecule has 2 fully saturated rings. The molecule has 2 saturated heterocycles. The summed E-state index contributed by atoms with van der Waals surface area (Å²) in [6, 6.07) is 10.2. The van der Waals surface area contributed by atoms with Gasteiger partial charge in [0.2, 0.25) is 0 Å². The van der Waals surface area contributed by atoms with Crippen molar-refractivity contribution in [2.24, 2.45) is 0 Å². The molecular weight excluding hydrogens is 282 g/mol. The third-order valence-electron chi connectivity index (χ3n) is 5.05. The second-order valence-electron chi connectivity index (χ2n) is 6.46. The molecule has 1 aromatic carbocycles. The first-order chi connectivity index (χ1) is 10.2. The zero-order valence-corrected chi connectivity index (χ0v) is 13.6. The number of hydrogen-bond acceptors (Lipinski definition) is 3. The summed E-state index contributed by atoms with van der Waals surface area (Å²) in [5, 5.41) is 7.95. The van der Waals surface area contributed by atoms with Crippen molar-refractivity contribution in [2.45, 2.75) is 50.2 Å². The maximum Gasteiger partial charge on any atom is 0.0426 e. The molecule has 0 radical (unpaired) electrons. The average molecular weight is 308 g/mol. The molecule has 3 rings (SSSR count). The first-order valence-corrected chi connectivity index (χ1v) is 8.55. The van der Waals surface area contributed by atoms with Gasteiger partial charge in [0, 0.05) is 41.9 Å². The van der Waals surface area contributed by atoms with Gasteiger partial charge in [-0.2, -0.15) is 0 Å². The Labute approximate surface area is 133 Å². The molecule has 21 heavy (non-hydrogen) atoms. The first-order valence-electron chi connectivity index (χ1n) is 8.17. The van der Waals surface area contributed by atoms with Gasteiger partial charge in [0.1, 0.15) is 0 Å². The van der Waals surface area contributed by atoms with Gasteiger partial charge in [0.05, 0.1) is 0 Å². The summed E-state index contributed by atoms with van der Waals surface area (Å²) in [6.07, 6.45) is 6.80. The predicted molar refractivity (Wildman–Crippen MR) is 90.2 cm³/mol. The van der Waals surface area contributed by atoms with Crippen molar-refractivity contribution in [3.8, 4) is 0 Å². The molecule has 2 aliphatic rings. The van der Waals surface area contributed by atoms with Crippen LogP contribution < -0.4 is 10.6 Å². The molecule has 0 aliphatic carbocycles. The Morgan fingerprint density at radius 2 is 1.95 bits per heavy atom. The maximum absolute atomic E-state index is 5.99. The van der Waals surface area contributed by atoms with E-state index >= 15 is 0 Å². The van der Waals surface area contributed by atoms with Crippen molar-refractivity contribution in [3.63, 3.8) is 0 Å². The van der Waals surface area contributed by atoms with Gasteiger partial charge in [-0.3, -0.25) is 0 Å². The Hall–Kier alpha value is -0.770. The maximum atomic E-state index is 5.99. The monoisotopic (exact) mass is 307 g/mol. The van der Waals surface area contributed by atoms with Gasteiger partial charge >= 0.3 is 0 Å². The van der Waals surface area contributed by atoms with Crippen LogP contribution in [0.1, 0.15) is 32.1 Å². The van der Waals surface area contributed by atoms with Crippen molar-refractivity contribution in [3.05, 3.63) is 29.3 Å². The molecule has 1 unspecified atom stereocenters. The van der Waals surface area contributed by atoms with E-state index in [1.807, 2.05) is 18.2 Å². The zero-order valence-electron chi connectivity index (χ0n) is 12.8. The van der Waals surface area contributed by atoms with E-state index in [-0.39, 0.29) is 0 Å². The topological polar surface area (TPSA) is 27.3 Å². The summed E-state index contributed by atoms with van der Waals surface area (Å²) in [6.45, 7) is 1.96. The standard InChI is InChI=1S/C17H26ClN3/c1-21-16-6-3-7-17(21)12-15(11-16)20-9-8-19-14-5-2-4-13(18)10-14/h2,4-5,10,15-17,19-20H,3,6-9,11-12H2,1H3/t15?,16-,17+. The molecule has 3 atom stereocenters. The van der Waals surface area contributed by atoms with E-state index < -0.39 is 0 Å². The van der Waals surface area contributed by atoms with Gasteiger partial charge in [-0.05, 0) is 50.9 Å². The number of anilines is 1. The van der Waals surface area contributed by atoms with E-state index in [0.29, 0.717) is 6.04 Å². The number of fused-ring (bicyclic) bond motifs is 2. The molecule has 2 N–H and O–H groups in total. The molecule has 2 bridgehead atoms. The minimum Gasteiger partial charge on any atom is -0.384 e. The summed E-state index contributed by atoms with van der Waals surface area (Å²) < 4.78 is 0. The average Bonchev–Trinajstić information content (AvgIpc) is 2.44. The molecule has 116 valence electrons. The van der Waals surface area contributed by atoms with E-state index in [1.165, 1.54) is 32.1 Å². The third-order valence-corrected chi connectivity index (χ3v) is 5.29. The van der Waals surface area contributed by atoms with E-state index in [0.717, 1.165) is 35.9 Å². The van der Waals surface area contributed by atoms with Gasteiger partial charge in [-0.25, -0.2) is 0 Å². The number of nitrogens with zero attached hydrogens (tertiary/aromatic N) is 1. The van der Waals surface area contributed by atoms with E-state index in [4.69, 9.17) is 11.6 Å². The summed E-state index contributed by atoms with van der Waals surface area (Å²) in [4.78, 5) is 2.62. The van der Waals surface area contributed by atoms with Crippen LogP contribution in [0.5, 0.6) is 0 Å². The van der Waals surface area contributed by atoms with Gasteiger partial charge in [-0.15, -0.1) is 0 Å². The van der Waals surface area contributed by atoms with Crippen molar-refractivity contribution in [2.75, 3.05) is 25.5 Å². The molecule has 4 heteroatoms. The number of nitrogens with one attached hydrogen (secondary N) is 2. The Morgan fingerprint density at radius 3 is 2.67 bits per heavy atom. The van der Waals surface area contributed by atoms with Crippen LogP contribution in [0.2, 0.25) is 5.02 Å². The lowest BCUT2D eigenvalue weighted by atomic mass is 9.82. The van der Waals surface area contributed by atoms with E-state index in [2.05, 4.69) is 28.6 Å². The van der Waals surface area contributed by atoms with Crippen LogP contribution in [-0.2, 0) is 0 Å². The van der Waals surface area contributed by atoms with E-state index in [1.54, 1.807) is 0 Å². The predicted octanol–water partition coefficient (Wildman–Crippen LogP) is 3.36. The minimum atomic E-state index is 0.692. The number of benzene rings is 1.